The summed E-state index contributed by atoms with van der Waals surface area (Å²) >= 11 is 0. The fraction of sp³-hybridized carbons (Fsp3) is 0.200. The molecule has 0 amide bonds. The Morgan fingerprint density at radius 2 is 1.94 bits per heavy atom. The van der Waals surface area contributed by atoms with Gasteiger partial charge in [-0.1, -0.05) is 0 Å². The third-order valence-corrected chi connectivity index (χ3v) is 2.26. The summed E-state index contributed by atoms with van der Waals surface area (Å²) in [5, 5.41) is 17.9. The predicted octanol–water partition coefficient (Wildman–Crippen LogP) is 0.949. The van der Waals surface area contributed by atoms with Crippen molar-refractivity contribution in [1.82, 2.24) is 0 Å². The van der Waals surface area contributed by atoms with Gasteiger partial charge in [-0.15, -0.1) is 0 Å². The Bertz CT molecular complexity index is 465. The van der Waals surface area contributed by atoms with Crippen molar-refractivity contribution in [3.05, 3.63) is 28.8 Å². The topological polar surface area (TPSA) is 93.1 Å². The predicted molar refractivity (Wildman–Crippen MR) is 50.6 cm³/mol. The molecule has 2 rings (SSSR count). The lowest BCUT2D eigenvalue weighted by atomic mass is 10.00. The molecule has 1 aromatic rings. The summed E-state index contributed by atoms with van der Waals surface area (Å²) in [6, 6.07) is 2.66. The van der Waals surface area contributed by atoms with Crippen molar-refractivity contribution in [1.29, 1.82) is 0 Å². The van der Waals surface area contributed by atoms with E-state index in [4.69, 9.17) is 19.7 Å². The minimum Gasteiger partial charge on any atom is -0.478 e. The summed E-state index contributed by atoms with van der Waals surface area (Å²) in [4.78, 5) is 21.9. The first-order valence-electron chi connectivity index (χ1n) is 4.44. The molecular formula is C10H8O6. The van der Waals surface area contributed by atoms with Gasteiger partial charge in [-0.3, -0.25) is 0 Å². The molecule has 0 bridgehead atoms. The fourth-order valence-electron chi connectivity index (χ4n) is 1.58. The highest BCUT2D eigenvalue weighted by molar-refractivity contribution is 6.03. The molecular weight excluding hydrogens is 216 g/mol. The first kappa shape index (κ1) is 10.4. The largest absolute Gasteiger partial charge is 0.478 e. The maximum atomic E-state index is 11.0. The molecule has 84 valence electrons. The van der Waals surface area contributed by atoms with Crippen molar-refractivity contribution < 1.29 is 29.3 Å². The summed E-state index contributed by atoms with van der Waals surface area (Å²) in [7, 11) is 0. The van der Waals surface area contributed by atoms with Crippen molar-refractivity contribution in [2.45, 2.75) is 6.61 Å². The van der Waals surface area contributed by atoms with Crippen molar-refractivity contribution >= 4 is 11.9 Å². The number of benzene rings is 1. The minimum absolute atomic E-state index is 0.0398. The average Bonchev–Trinajstić information content (AvgIpc) is 2.27. The van der Waals surface area contributed by atoms with Crippen LogP contribution in [0.5, 0.6) is 5.75 Å². The van der Waals surface area contributed by atoms with Crippen molar-refractivity contribution in [2.75, 3.05) is 6.79 Å². The van der Waals surface area contributed by atoms with Crippen LogP contribution in [0.15, 0.2) is 12.1 Å². The van der Waals surface area contributed by atoms with E-state index in [1.54, 1.807) is 0 Å². The van der Waals surface area contributed by atoms with Crippen LogP contribution in [0.4, 0.5) is 0 Å². The highest BCUT2D eigenvalue weighted by Crippen LogP contribution is 2.29. The lowest BCUT2D eigenvalue weighted by molar-refractivity contribution is -0.0171. The lowest BCUT2D eigenvalue weighted by Gasteiger charge is -2.20. The molecule has 0 saturated carbocycles. The fourth-order valence-corrected chi connectivity index (χ4v) is 1.58. The number of carboxylic acid groups (broad SMARTS) is 2. The summed E-state index contributed by atoms with van der Waals surface area (Å²) in [6.07, 6.45) is 0. The molecule has 1 aliphatic rings. The maximum Gasteiger partial charge on any atom is 0.337 e. The number of carboxylic acids is 2. The minimum atomic E-state index is -1.30. The second-order valence-electron chi connectivity index (χ2n) is 3.19. The van der Waals surface area contributed by atoms with Crippen LogP contribution in [0.1, 0.15) is 26.3 Å². The number of hydrogen-bond acceptors (Lipinski definition) is 4. The van der Waals surface area contributed by atoms with E-state index in [9.17, 15) is 9.59 Å². The van der Waals surface area contributed by atoms with E-state index in [1.165, 1.54) is 12.1 Å². The van der Waals surface area contributed by atoms with Gasteiger partial charge < -0.3 is 19.7 Å². The highest BCUT2D eigenvalue weighted by atomic mass is 16.7. The molecule has 16 heavy (non-hydrogen) atoms. The number of hydrogen-bond donors (Lipinski definition) is 2. The molecule has 0 radical (unpaired) electrons. The number of carbonyl (C=O) groups is 2. The Morgan fingerprint density at radius 3 is 2.56 bits per heavy atom. The molecule has 2 N–H and O–H groups in total. The van der Waals surface area contributed by atoms with Gasteiger partial charge >= 0.3 is 11.9 Å². The third kappa shape index (κ3) is 1.59. The molecule has 0 aromatic heterocycles. The van der Waals surface area contributed by atoms with E-state index in [-0.39, 0.29) is 30.1 Å². The van der Waals surface area contributed by atoms with E-state index in [0.29, 0.717) is 5.75 Å². The molecule has 6 heteroatoms. The molecule has 0 fully saturated rings. The van der Waals surface area contributed by atoms with E-state index in [0.717, 1.165) is 0 Å². The van der Waals surface area contributed by atoms with Crippen LogP contribution in [0.2, 0.25) is 0 Å². The van der Waals surface area contributed by atoms with Crippen LogP contribution in [0.25, 0.3) is 0 Å². The van der Waals surface area contributed by atoms with E-state index < -0.39 is 11.9 Å². The summed E-state index contributed by atoms with van der Waals surface area (Å²) in [5.41, 5.74) is -0.274. The van der Waals surface area contributed by atoms with Crippen molar-refractivity contribution in [3.8, 4) is 5.75 Å². The molecule has 1 aromatic carbocycles. The maximum absolute atomic E-state index is 11.0. The van der Waals surface area contributed by atoms with Gasteiger partial charge in [0.1, 0.15) is 5.75 Å². The number of aromatic carboxylic acids is 2. The zero-order valence-corrected chi connectivity index (χ0v) is 8.10. The zero-order chi connectivity index (χ0) is 11.7. The summed E-state index contributed by atoms with van der Waals surface area (Å²) in [5.74, 6) is -2.23. The third-order valence-electron chi connectivity index (χ3n) is 2.26. The van der Waals surface area contributed by atoms with Crippen LogP contribution >= 0.6 is 0 Å². The molecule has 1 aliphatic heterocycles. The number of ether oxygens (including phenoxy) is 2. The zero-order valence-electron chi connectivity index (χ0n) is 8.10. The van der Waals surface area contributed by atoms with Gasteiger partial charge in [0.2, 0.25) is 0 Å². The Balaban J connectivity index is 2.66. The lowest BCUT2D eigenvalue weighted by Crippen LogP contribution is -2.18. The first-order chi connectivity index (χ1) is 7.61. The van der Waals surface area contributed by atoms with Gasteiger partial charge in [0.25, 0.3) is 0 Å². The summed E-state index contributed by atoms with van der Waals surface area (Å²) < 4.78 is 10.0. The number of rotatable bonds is 2. The van der Waals surface area contributed by atoms with Gasteiger partial charge in [-0.05, 0) is 12.1 Å². The van der Waals surface area contributed by atoms with Crippen LogP contribution < -0.4 is 4.74 Å². The van der Waals surface area contributed by atoms with Crippen LogP contribution in [-0.2, 0) is 11.3 Å². The Labute approximate surface area is 90.0 Å². The van der Waals surface area contributed by atoms with Crippen LogP contribution in [-0.4, -0.2) is 28.9 Å². The monoisotopic (exact) mass is 224 g/mol. The highest BCUT2D eigenvalue weighted by Gasteiger charge is 2.25. The second-order valence-corrected chi connectivity index (χ2v) is 3.19. The molecule has 0 spiro atoms. The standard InChI is InChI=1S/C10H8O6/c11-9(12)5-1-2-7-6(3-15-4-16-7)8(5)10(13)14/h1-2H,3-4H2,(H,11,12)(H,13,14). The van der Waals surface area contributed by atoms with Gasteiger partial charge in [0.05, 0.1) is 17.7 Å². The summed E-state index contributed by atoms with van der Waals surface area (Å²) in [6.45, 7) is 0.0799. The van der Waals surface area contributed by atoms with Crippen LogP contribution in [0, 0.1) is 0 Å². The molecule has 0 saturated heterocycles. The molecule has 0 aliphatic carbocycles. The molecule has 1 heterocycles. The Hall–Kier alpha value is -2.08. The van der Waals surface area contributed by atoms with E-state index >= 15 is 0 Å². The normalized spacial score (nSPS) is 13.8. The van der Waals surface area contributed by atoms with E-state index in [2.05, 4.69) is 0 Å². The number of fused-ring (bicyclic) bond motifs is 1. The van der Waals surface area contributed by atoms with Gasteiger partial charge in [0.15, 0.2) is 6.79 Å². The molecule has 0 unspecified atom stereocenters. The SMILES string of the molecule is O=C(O)c1ccc2c(c1C(=O)O)COCO2. The van der Waals surface area contributed by atoms with Gasteiger partial charge in [0, 0.05) is 5.56 Å². The molecule has 0 atom stereocenters. The first-order valence-corrected chi connectivity index (χ1v) is 4.44. The van der Waals surface area contributed by atoms with Gasteiger partial charge in [-0.2, -0.15) is 0 Å². The quantitative estimate of drug-likeness (QED) is 0.776. The van der Waals surface area contributed by atoms with Crippen molar-refractivity contribution in [3.63, 3.8) is 0 Å². The average molecular weight is 224 g/mol. The molecule has 6 nitrogen and oxygen atoms in total. The van der Waals surface area contributed by atoms with E-state index in [1.807, 2.05) is 0 Å². The smallest absolute Gasteiger partial charge is 0.337 e. The second kappa shape index (κ2) is 3.82. The van der Waals surface area contributed by atoms with Gasteiger partial charge in [-0.25, -0.2) is 9.59 Å². The Kier molecular flexibility index (Phi) is 2.49. The Morgan fingerprint density at radius 1 is 1.19 bits per heavy atom. The van der Waals surface area contributed by atoms with Crippen LogP contribution in [0.3, 0.4) is 0 Å². The van der Waals surface area contributed by atoms with Crippen molar-refractivity contribution in [2.24, 2.45) is 0 Å².